The minimum atomic E-state index is -0.429. The average Bonchev–Trinajstić information content (AvgIpc) is 2.69. The van der Waals surface area contributed by atoms with Crippen molar-refractivity contribution in [2.45, 2.75) is 6.61 Å². The van der Waals surface area contributed by atoms with Crippen LogP contribution in [-0.4, -0.2) is 53.4 Å². The van der Waals surface area contributed by atoms with Crippen molar-refractivity contribution in [1.82, 2.24) is 0 Å². The lowest BCUT2D eigenvalue weighted by molar-refractivity contribution is -0.100. The van der Waals surface area contributed by atoms with Gasteiger partial charge in [0.1, 0.15) is 5.75 Å². The first-order chi connectivity index (χ1) is 13.2. The van der Waals surface area contributed by atoms with Gasteiger partial charge in [-0.25, -0.2) is 0 Å². The van der Waals surface area contributed by atoms with E-state index in [2.05, 4.69) is 19.7 Å². The summed E-state index contributed by atoms with van der Waals surface area (Å²) >= 11 is 0. The van der Waals surface area contributed by atoms with E-state index in [0.29, 0.717) is 52.9 Å². The number of rotatable bonds is 17. The molecule has 0 radical (unpaired) electrons. The van der Waals surface area contributed by atoms with Crippen molar-refractivity contribution in [3.63, 3.8) is 0 Å². The molecule has 0 saturated heterocycles. The van der Waals surface area contributed by atoms with Crippen molar-refractivity contribution in [2.75, 3.05) is 53.4 Å². The summed E-state index contributed by atoms with van der Waals surface area (Å²) in [6.45, 7) is 14.7. The Morgan fingerprint density at radius 2 is 1.19 bits per heavy atom. The van der Waals surface area contributed by atoms with Crippen molar-refractivity contribution >= 4 is 0 Å². The molecule has 150 valence electrons. The predicted octanol–water partition coefficient (Wildman–Crippen LogP) is 3.81. The van der Waals surface area contributed by atoms with Gasteiger partial charge in [0, 0.05) is 0 Å². The van der Waals surface area contributed by atoms with Gasteiger partial charge in [-0.3, -0.25) is 0 Å². The van der Waals surface area contributed by atoms with Gasteiger partial charge < -0.3 is 23.7 Å². The minimum Gasteiger partial charge on any atom is -0.497 e. The molecular formula is C22H32O5. The number of benzene rings is 1. The molecule has 0 spiro atoms. The van der Waals surface area contributed by atoms with Gasteiger partial charge in [0.05, 0.1) is 65.4 Å². The Labute approximate surface area is 163 Å². The Morgan fingerprint density at radius 1 is 0.741 bits per heavy atom. The Balaban J connectivity index is 2.71. The third-order valence-corrected chi connectivity index (χ3v) is 3.77. The molecule has 0 aliphatic carbocycles. The van der Waals surface area contributed by atoms with E-state index in [1.165, 1.54) is 0 Å². The van der Waals surface area contributed by atoms with Gasteiger partial charge in [0.25, 0.3) is 0 Å². The normalized spacial score (nSPS) is 11.1. The molecule has 27 heavy (non-hydrogen) atoms. The molecule has 0 heterocycles. The molecule has 0 aliphatic heterocycles. The molecule has 0 amide bonds. The quantitative estimate of drug-likeness (QED) is 0.306. The average molecular weight is 376 g/mol. The van der Waals surface area contributed by atoms with Crippen molar-refractivity contribution in [1.29, 1.82) is 0 Å². The summed E-state index contributed by atoms with van der Waals surface area (Å²) in [6, 6.07) is 7.80. The summed E-state index contributed by atoms with van der Waals surface area (Å²) in [7, 11) is 1.65. The summed E-state index contributed by atoms with van der Waals surface area (Å²) < 4.78 is 28.3. The largest absolute Gasteiger partial charge is 0.497 e. The molecule has 5 nitrogen and oxygen atoms in total. The maximum Gasteiger partial charge on any atom is 0.118 e. The molecule has 0 saturated carbocycles. The number of hydrogen-bond acceptors (Lipinski definition) is 5. The van der Waals surface area contributed by atoms with Crippen molar-refractivity contribution in [2.24, 2.45) is 5.41 Å². The highest BCUT2D eigenvalue weighted by Crippen LogP contribution is 2.22. The Hall–Kier alpha value is -1.92. The smallest absolute Gasteiger partial charge is 0.118 e. The molecule has 1 aromatic carbocycles. The Kier molecular flexibility index (Phi) is 12.1. The molecule has 0 aromatic heterocycles. The van der Waals surface area contributed by atoms with Crippen molar-refractivity contribution < 1.29 is 23.7 Å². The van der Waals surface area contributed by atoms with Gasteiger partial charge in [-0.2, -0.15) is 0 Å². The second kappa shape index (κ2) is 14.2. The zero-order valence-electron chi connectivity index (χ0n) is 16.4. The lowest BCUT2D eigenvalue weighted by Crippen LogP contribution is -2.41. The lowest BCUT2D eigenvalue weighted by Gasteiger charge is -2.32. The molecule has 1 rings (SSSR count). The summed E-state index contributed by atoms with van der Waals surface area (Å²) in [5.41, 5.74) is 0.636. The third kappa shape index (κ3) is 9.54. The van der Waals surface area contributed by atoms with Crippen LogP contribution < -0.4 is 4.74 Å². The minimum absolute atomic E-state index is 0.429. The van der Waals surface area contributed by atoms with Crippen LogP contribution in [0.3, 0.4) is 0 Å². The van der Waals surface area contributed by atoms with Gasteiger partial charge >= 0.3 is 0 Å². The van der Waals surface area contributed by atoms with Crippen LogP contribution in [0.15, 0.2) is 62.2 Å². The van der Waals surface area contributed by atoms with E-state index in [1.807, 2.05) is 24.3 Å². The van der Waals surface area contributed by atoms with E-state index < -0.39 is 5.41 Å². The van der Waals surface area contributed by atoms with E-state index >= 15 is 0 Å². The highest BCUT2D eigenvalue weighted by Gasteiger charge is 2.32. The molecule has 5 heteroatoms. The first-order valence-corrected chi connectivity index (χ1v) is 8.96. The first-order valence-electron chi connectivity index (χ1n) is 8.96. The van der Waals surface area contributed by atoms with Gasteiger partial charge in [-0.15, -0.1) is 19.7 Å². The van der Waals surface area contributed by atoms with Crippen LogP contribution in [0.25, 0.3) is 0 Å². The maximum absolute atomic E-state index is 5.99. The maximum atomic E-state index is 5.99. The third-order valence-electron chi connectivity index (χ3n) is 3.77. The van der Waals surface area contributed by atoms with E-state index in [0.717, 1.165) is 11.3 Å². The molecule has 0 atom stereocenters. The Morgan fingerprint density at radius 3 is 1.59 bits per heavy atom. The number of ether oxygens (including phenoxy) is 5. The van der Waals surface area contributed by atoms with E-state index in [4.69, 9.17) is 23.7 Å². The number of hydrogen-bond donors (Lipinski definition) is 0. The van der Waals surface area contributed by atoms with Crippen LogP contribution in [0, 0.1) is 5.41 Å². The van der Waals surface area contributed by atoms with Gasteiger partial charge in [0.2, 0.25) is 0 Å². The zero-order valence-corrected chi connectivity index (χ0v) is 16.4. The fourth-order valence-electron chi connectivity index (χ4n) is 2.43. The monoisotopic (exact) mass is 376 g/mol. The fraction of sp³-hybridized carbons (Fsp3) is 0.455. The van der Waals surface area contributed by atoms with Gasteiger partial charge in [0.15, 0.2) is 0 Å². The summed E-state index contributed by atoms with van der Waals surface area (Å²) in [6.07, 6.45) is 5.16. The van der Waals surface area contributed by atoms with Crippen LogP contribution in [0.5, 0.6) is 5.75 Å². The molecule has 0 bridgehead atoms. The van der Waals surface area contributed by atoms with Crippen molar-refractivity contribution in [3.05, 3.63) is 67.8 Å². The number of methoxy groups -OCH3 is 1. The molecule has 0 unspecified atom stereocenters. The van der Waals surface area contributed by atoms with Gasteiger partial charge in [-0.05, 0) is 17.7 Å². The van der Waals surface area contributed by atoms with Crippen LogP contribution in [-0.2, 0) is 25.6 Å². The van der Waals surface area contributed by atoms with Crippen LogP contribution in [0.1, 0.15) is 5.56 Å². The van der Waals surface area contributed by atoms with E-state index in [-0.39, 0.29) is 0 Å². The van der Waals surface area contributed by atoms with Crippen LogP contribution >= 0.6 is 0 Å². The molecular weight excluding hydrogens is 344 g/mol. The van der Waals surface area contributed by atoms with Crippen molar-refractivity contribution in [3.8, 4) is 5.75 Å². The Bertz CT molecular complexity index is 502. The summed E-state index contributed by atoms with van der Waals surface area (Å²) in [4.78, 5) is 0. The predicted molar refractivity (Wildman–Crippen MR) is 108 cm³/mol. The molecule has 0 aliphatic rings. The first kappa shape index (κ1) is 23.1. The van der Waals surface area contributed by atoms with E-state index in [1.54, 1.807) is 25.3 Å². The lowest BCUT2D eigenvalue weighted by atomic mass is 9.92. The molecule has 0 fully saturated rings. The summed E-state index contributed by atoms with van der Waals surface area (Å²) in [5, 5.41) is 0. The van der Waals surface area contributed by atoms with Gasteiger partial charge in [-0.1, -0.05) is 30.4 Å². The standard InChI is InChI=1S/C22H32O5/c1-5-12-24-16-22(17-25-13-6-2,18-26-14-7-3)19-27-15-20-8-10-21(23-4)11-9-20/h5-11H,1-3,12-19H2,4H3. The highest BCUT2D eigenvalue weighted by atomic mass is 16.5. The highest BCUT2D eigenvalue weighted by molar-refractivity contribution is 5.26. The zero-order chi connectivity index (χ0) is 19.8. The van der Waals surface area contributed by atoms with Crippen LogP contribution in [0.4, 0.5) is 0 Å². The SMILES string of the molecule is C=CCOCC(COCC=C)(COCC=C)COCc1ccc(OC)cc1. The molecule has 1 aromatic rings. The van der Waals surface area contributed by atoms with Crippen LogP contribution in [0.2, 0.25) is 0 Å². The second-order valence-electron chi connectivity index (χ2n) is 6.25. The topological polar surface area (TPSA) is 46.2 Å². The van der Waals surface area contributed by atoms with E-state index in [9.17, 15) is 0 Å². The second-order valence-corrected chi connectivity index (χ2v) is 6.25. The summed E-state index contributed by atoms with van der Waals surface area (Å²) in [5.74, 6) is 0.821. The molecule has 0 N–H and O–H groups in total. The fourth-order valence-corrected chi connectivity index (χ4v) is 2.43.